The molecule has 0 radical (unpaired) electrons. The van der Waals surface area contributed by atoms with Crippen LogP contribution in [0.5, 0.6) is 5.75 Å². The van der Waals surface area contributed by atoms with E-state index in [9.17, 15) is 9.90 Å². The van der Waals surface area contributed by atoms with Gasteiger partial charge in [0.2, 0.25) is 0 Å². The zero-order valence-electron chi connectivity index (χ0n) is 16.3. The van der Waals surface area contributed by atoms with Gasteiger partial charge in [-0.05, 0) is 38.1 Å². The lowest BCUT2D eigenvalue weighted by atomic mass is 10.0. The number of phenolic OH excluding ortho intramolecular Hbond substituents is 1. The normalized spacial score (nSPS) is 10.9. The first-order valence-corrected chi connectivity index (χ1v) is 9.70. The number of aryl methyl sites for hydroxylation is 1. The molecule has 1 heterocycles. The number of quaternary nitrogens is 1. The van der Waals surface area contributed by atoms with Crippen LogP contribution in [0.2, 0.25) is 0 Å². The van der Waals surface area contributed by atoms with E-state index in [4.69, 9.17) is 9.15 Å². The highest BCUT2D eigenvalue weighted by atomic mass is 35.5. The van der Waals surface area contributed by atoms with Gasteiger partial charge in [0, 0.05) is 10.3 Å². The average Bonchev–Trinajstić information content (AvgIpc) is 2.98. The Hall–Kier alpha value is -2.15. The lowest BCUT2D eigenvalue weighted by molar-refractivity contribution is -0.872. The molecule has 7 heteroatoms. The molecule has 0 saturated carbocycles. The Labute approximate surface area is 175 Å². The number of esters is 1. The first-order chi connectivity index (χ1) is 12.9. The quantitative estimate of drug-likeness (QED) is 0.565. The lowest BCUT2D eigenvalue weighted by Gasteiger charge is -2.11. The third kappa shape index (κ3) is 4.63. The summed E-state index contributed by atoms with van der Waals surface area (Å²) in [6.45, 7) is 4.63. The number of ether oxygens (including phenoxy) is 1. The van der Waals surface area contributed by atoms with Crippen molar-refractivity contribution in [2.75, 3.05) is 20.7 Å². The second-order valence-corrected chi connectivity index (χ2v) is 7.77. The summed E-state index contributed by atoms with van der Waals surface area (Å²) < 4.78 is 11.3. The maximum Gasteiger partial charge on any atom is 0.343 e. The molecule has 0 fully saturated rings. The van der Waals surface area contributed by atoms with E-state index in [2.05, 4.69) is 0 Å². The fraction of sp³-hybridized carbons (Fsp3) is 0.286. The minimum Gasteiger partial charge on any atom is -1.00 e. The highest BCUT2D eigenvalue weighted by Gasteiger charge is 2.27. The van der Waals surface area contributed by atoms with Crippen molar-refractivity contribution >= 4 is 28.7 Å². The van der Waals surface area contributed by atoms with E-state index in [1.807, 2.05) is 45.3 Å². The van der Waals surface area contributed by atoms with Gasteiger partial charge in [0.15, 0.2) is 5.09 Å². The maximum atomic E-state index is 12.8. The molecule has 0 amide bonds. The van der Waals surface area contributed by atoms with Gasteiger partial charge in [0.1, 0.15) is 23.4 Å². The van der Waals surface area contributed by atoms with Crippen LogP contribution in [0.1, 0.15) is 28.4 Å². The second-order valence-electron chi connectivity index (χ2n) is 6.72. The zero-order valence-corrected chi connectivity index (χ0v) is 17.9. The number of aromatic hydroxyl groups is 1. The van der Waals surface area contributed by atoms with Gasteiger partial charge < -0.3 is 31.6 Å². The van der Waals surface area contributed by atoms with E-state index in [-0.39, 0.29) is 24.8 Å². The summed E-state index contributed by atoms with van der Waals surface area (Å²) in [4.78, 5) is 14.8. The predicted molar refractivity (Wildman–Crippen MR) is 106 cm³/mol. The molecule has 5 nitrogen and oxygen atoms in total. The van der Waals surface area contributed by atoms with E-state index in [0.29, 0.717) is 33.7 Å². The Morgan fingerprint density at radius 1 is 1.18 bits per heavy atom. The summed E-state index contributed by atoms with van der Waals surface area (Å²) in [5.41, 5.74) is 2.80. The SMILES string of the molecule is CCOC(=O)c1c(Sc2ccc(C)cc2)oc2ccc(O)c(C[NH+](C)C)c12.[Cl-]. The van der Waals surface area contributed by atoms with Crippen molar-refractivity contribution in [1.29, 1.82) is 0 Å². The molecule has 3 aromatic rings. The molecule has 3 rings (SSSR count). The Balaban J connectivity index is 0.00000280. The smallest absolute Gasteiger partial charge is 0.343 e. The number of rotatable bonds is 6. The molecular weight excluding hydrogens is 398 g/mol. The predicted octanol–water partition coefficient (Wildman–Crippen LogP) is 0.423. The van der Waals surface area contributed by atoms with Gasteiger partial charge in [-0.25, -0.2) is 4.79 Å². The summed E-state index contributed by atoms with van der Waals surface area (Å²) in [5, 5.41) is 11.5. The minimum absolute atomic E-state index is 0. The van der Waals surface area contributed by atoms with Crippen LogP contribution in [0.25, 0.3) is 11.0 Å². The number of halogens is 1. The van der Waals surface area contributed by atoms with Crippen LogP contribution >= 0.6 is 11.8 Å². The third-order valence-electron chi connectivity index (χ3n) is 4.15. The van der Waals surface area contributed by atoms with Crippen molar-refractivity contribution in [2.24, 2.45) is 0 Å². The summed E-state index contributed by atoms with van der Waals surface area (Å²) in [5.74, 6) is -0.284. The number of furan rings is 1. The van der Waals surface area contributed by atoms with Gasteiger partial charge in [0.05, 0.1) is 26.3 Å². The number of benzene rings is 2. The number of fused-ring (bicyclic) bond motifs is 1. The van der Waals surface area contributed by atoms with Crippen molar-refractivity contribution in [1.82, 2.24) is 0 Å². The van der Waals surface area contributed by atoms with Crippen molar-refractivity contribution in [3.63, 3.8) is 0 Å². The van der Waals surface area contributed by atoms with E-state index < -0.39 is 5.97 Å². The van der Waals surface area contributed by atoms with Gasteiger partial charge in [-0.15, -0.1) is 0 Å². The number of hydrogen-bond donors (Lipinski definition) is 2. The molecule has 150 valence electrons. The van der Waals surface area contributed by atoms with E-state index in [0.717, 1.165) is 15.4 Å². The molecule has 0 saturated heterocycles. The molecule has 1 aromatic heterocycles. The van der Waals surface area contributed by atoms with Crippen molar-refractivity contribution < 1.29 is 36.4 Å². The summed E-state index contributed by atoms with van der Waals surface area (Å²) in [7, 11) is 3.98. The van der Waals surface area contributed by atoms with Crippen molar-refractivity contribution in [3.05, 3.63) is 53.1 Å². The Kier molecular flexibility index (Phi) is 7.41. The Morgan fingerprint density at radius 2 is 1.86 bits per heavy atom. The third-order valence-corrected chi connectivity index (χ3v) is 5.13. The fourth-order valence-electron chi connectivity index (χ4n) is 2.93. The van der Waals surface area contributed by atoms with Gasteiger partial charge in [0.25, 0.3) is 0 Å². The summed E-state index contributed by atoms with van der Waals surface area (Å²) >= 11 is 1.38. The van der Waals surface area contributed by atoms with Crippen LogP contribution in [0, 0.1) is 6.92 Å². The molecule has 0 aliphatic carbocycles. The van der Waals surface area contributed by atoms with Gasteiger partial charge in [-0.3, -0.25) is 0 Å². The molecule has 0 bridgehead atoms. The zero-order chi connectivity index (χ0) is 19.6. The molecule has 0 atom stereocenters. The van der Waals surface area contributed by atoms with Crippen LogP contribution in [0.3, 0.4) is 0 Å². The monoisotopic (exact) mass is 421 g/mol. The van der Waals surface area contributed by atoms with Gasteiger partial charge in [-0.2, -0.15) is 0 Å². The fourth-order valence-corrected chi connectivity index (χ4v) is 3.84. The largest absolute Gasteiger partial charge is 1.00 e. The highest BCUT2D eigenvalue weighted by Crippen LogP contribution is 2.41. The lowest BCUT2D eigenvalue weighted by Crippen LogP contribution is -3.04. The first kappa shape index (κ1) is 22.1. The van der Waals surface area contributed by atoms with E-state index in [1.54, 1.807) is 19.1 Å². The Bertz CT molecular complexity index is 967. The molecular formula is C21H24ClNO4S. The van der Waals surface area contributed by atoms with Crippen molar-refractivity contribution in [3.8, 4) is 5.75 Å². The van der Waals surface area contributed by atoms with Crippen LogP contribution in [-0.4, -0.2) is 31.8 Å². The highest BCUT2D eigenvalue weighted by molar-refractivity contribution is 7.99. The molecule has 0 aliphatic rings. The Morgan fingerprint density at radius 3 is 2.46 bits per heavy atom. The van der Waals surface area contributed by atoms with Crippen LogP contribution in [0.15, 0.2) is 50.8 Å². The van der Waals surface area contributed by atoms with E-state index in [1.165, 1.54) is 11.8 Å². The topological polar surface area (TPSA) is 64.1 Å². The molecule has 0 aliphatic heterocycles. The van der Waals surface area contributed by atoms with Gasteiger partial charge >= 0.3 is 5.97 Å². The number of carbonyl (C=O) groups excluding carboxylic acids is 1. The number of phenols is 1. The molecule has 2 aromatic carbocycles. The summed E-state index contributed by atoms with van der Waals surface area (Å²) in [6, 6.07) is 11.3. The number of carbonyl (C=O) groups is 1. The molecule has 2 N–H and O–H groups in total. The van der Waals surface area contributed by atoms with E-state index >= 15 is 0 Å². The number of nitrogens with one attached hydrogen (secondary N) is 1. The van der Waals surface area contributed by atoms with Crippen LogP contribution in [-0.2, 0) is 11.3 Å². The van der Waals surface area contributed by atoms with Crippen LogP contribution in [0.4, 0.5) is 0 Å². The molecule has 0 spiro atoms. The second kappa shape index (κ2) is 9.37. The maximum absolute atomic E-state index is 12.8. The first-order valence-electron chi connectivity index (χ1n) is 8.88. The average molecular weight is 422 g/mol. The van der Waals surface area contributed by atoms with Crippen molar-refractivity contribution in [2.45, 2.75) is 30.4 Å². The minimum atomic E-state index is -0.438. The standard InChI is InChI=1S/C21H23NO4S.ClH/c1-5-25-20(24)19-18-15(12-22(3)4)16(23)10-11-17(18)26-21(19)27-14-8-6-13(2)7-9-14;/h6-11,23H,5,12H2,1-4H3;1H. The molecule has 28 heavy (non-hydrogen) atoms. The van der Waals surface area contributed by atoms with Crippen LogP contribution < -0.4 is 17.3 Å². The van der Waals surface area contributed by atoms with Gasteiger partial charge in [-0.1, -0.05) is 29.5 Å². The summed E-state index contributed by atoms with van der Waals surface area (Å²) in [6.07, 6.45) is 0. The number of hydrogen-bond acceptors (Lipinski definition) is 5. The molecule has 0 unspecified atom stereocenters.